The molecular formula is C15H27N3OS. The van der Waals surface area contributed by atoms with Crippen molar-refractivity contribution in [2.45, 2.75) is 64.0 Å². The summed E-state index contributed by atoms with van der Waals surface area (Å²) in [7, 11) is 0. The van der Waals surface area contributed by atoms with Gasteiger partial charge in [0.05, 0.1) is 11.0 Å². The SMILES string of the molecule is CC(C(=O)NC1CCCCC1)N1CCCC(C(N)=S)C1. The Kier molecular flexibility index (Phi) is 5.78. The number of nitrogens with zero attached hydrogens (tertiary/aromatic N) is 1. The Labute approximate surface area is 127 Å². The van der Waals surface area contributed by atoms with Gasteiger partial charge >= 0.3 is 0 Å². The van der Waals surface area contributed by atoms with Gasteiger partial charge in [-0.3, -0.25) is 9.69 Å². The van der Waals surface area contributed by atoms with Crippen molar-refractivity contribution >= 4 is 23.1 Å². The first-order chi connectivity index (χ1) is 9.58. The lowest BCUT2D eigenvalue weighted by Crippen LogP contribution is -2.52. The molecule has 5 heteroatoms. The van der Waals surface area contributed by atoms with Crippen molar-refractivity contribution in [3.05, 3.63) is 0 Å². The van der Waals surface area contributed by atoms with Crippen molar-refractivity contribution in [3.63, 3.8) is 0 Å². The third-order valence-corrected chi connectivity index (χ3v) is 5.07. The van der Waals surface area contributed by atoms with Gasteiger partial charge in [0, 0.05) is 18.5 Å². The van der Waals surface area contributed by atoms with Crippen LogP contribution in [0.1, 0.15) is 51.9 Å². The van der Waals surface area contributed by atoms with E-state index in [-0.39, 0.29) is 17.9 Å². The Morgan fingerprint density at radius 2 is 1.95 bits per heavy atom. The van der Waals surface area contributed by atoms with E-state index < -0.39 is 0 Å². The Hall–Kier alpha value is -0.680. The van der Waals surface area contributed by atoms with Gasteiger partial charge < -0.3 is 11.1 Å². The molecule has 20 heavy (non-hydrogen) atoms. The minimum atomic E-state index is -0.0749. The lowest BCUT2D eigenvalue weighted by molar-refractivity contribution is -0.127. The van der Waals surface area contributed by atoms with Crippen LogP contribution in [0.5, 0.6) is 0 Å². The molecular weight excluding hydrogens is 270 g/mol. The molecule has 1 saturated heterocycles. The molecule has 2 atom stereocenters. The number of hydrogen-bond donors (Lipinski definition) is 2. The zero-order valence-corrected chi connectivity index (χ0v) is 13.3. The second-order valence-corrected chi connectivity index (χ2v) is 6.73. The normalized spacial score (nSPS) is 26.9. The molecule has 4 nitrogen and oxygen atoms in total. The zero-order valence-electron chi connectivity index (χ0n) is 12.4. The van der Waals surface area contributed by atoms with E-state index in [1.807, 2.05) is 6.92 Å². The number of nitrogens with two attached hydrogens (primary N) is 1. The van der Waals surface area contributed by atoms with E-state index in [2.05, 4.69) is 10.2 Å². The van der Waals surface area contributed by atoms with Gasteiger partial charge in [0.15, 0.2) is 0 Å². The topological polar surface area (TPSA) is 58.4 Å². The van der Waals surface area contributed by atoms with Crippen molar-refractivity contribution in [1.82, 2.24) is 10.2 Å². The molecule has 2 unspecified atom stereocenters. The quantitative estimate of drug-likeness (QED) is 0.777. The molecule has 2 aliphatic rings. The number of hydrogen-bond acceptors (Lipinski definition) is 3. The summed E-state index contributed by atoms with van der Waals surface area (Å²) in [5, 5.41) is 3.22. The molecule has 0 bridgehead atoms. The molecule has 0 aromatic rings. The van der Waals surface area contributed by atoms with Crippen LogP contribution in [0.2, 0.25) is 0 Å². The van der Waals surface area contributed by atoms with Crippen LogP contribution in [0, 0.1) is 5.92 Å². The highest BCUT2D eigenvalue weighted by Gasteiger charge is 2.29. The van der Waals surface area contributed by atoms with Gasteiger partial charge in [0.2, 0.25) is 5.91 Å². The van der Waals surface area contributed by atoms with E-state index >= 15 is 0 Å². The first kappa shape index (κ1) is 15.7. The van der Waals surface area contributed by atoms with Crippen LogP contribution < -0.4 is 11.1 Å². The third kappa shape index (κ3) is 4.16. The van der Waals surface area contributed by atoms with Crippen LogP contribution in [-0.4, -0.2) is 41.0 Å². The molecule has 0 spiro atoms. The highest BCUT2D eigenvalue weighted by molar-refractivity contribution is 7.80. The maximum Gasteiger partial charge on any atom is 0.237 e. The number of piperidine rings is 1. The Morgan fingerprint density at radius 3 is 2.60 bits per heavy atom. The van der Waals surface area contributed by atoms with E-state index in [9.17, 15) is 4.79 Å². The van der Waals surface area contributed by atoms with Gasteiger partial charge in [0.1, 0.15) is 0 Å². The molecule has 0 aromatic carbocycles. The molecule has 1 aliphatic carbocycles. The molecule has 3 N–H and O–H groups in total. The third-order valence-electron chi connectivity index (χ3n) is 4.73. The number of carbonyl (C=O) groups is 1. The lowest BCUT2D eigenvalue weighted by atomic mass is 9.94. The maximum atomic E-state index is 12.4. The van der Waals surface area contributed by atoms with Crippen LogP contribution in [-0.2, 0) is 4.79 Å². The van der Waals surface area contributed by atoms with Crippen molar-refractivity contribution in [2.75, 3.05) is 13.1 Å². The number of nitrogens with one attached hydrogen (secondary N) is 1. The smallest absolute Gasteiger partial charge is 0.237 e. The second kappa shape index (κ2) is 7.36. The monoisotopic (exact) mass is 297 g/mol. The predicted octanol–water partition coefficient (Wildman–Crippen LogP) is 1.82. The molecule has 0 radical (unpaired) electrons. The zero-order chi connectivity index (χ0) is 14.5. The van der Waals surface area contributed by atoms with Crippen LogP contribution in [0.3, 0.4) is 0 Å². The van der Waals surface area contributed by atoms with Gasteiger partial charge in [-0.15, -0.1) is 0 Å². The predicted molar refractivity (Wildman–Crippen MR) is 85.6 cm³/mol. The summed E-state index contributed by atoms with van der Waals surface area (Å²) in [5.41, 5.74) is 5.76. The van der Waals surface area contributed by atoms with Crippen LogP contribution in [0.25, 0.3) is 0 Å². The summed E-state index contributed by atoms with van der Waals surface area (Å²) < 4.78 is 0. The fourth-order valence-electron chi connectivity index (χ4n) is 3.32. The van der Waals surface area contributed by atoms with Crippen molar-refractivity contribution < 1.29 is 4.79 Å². The average Bonchev–Trinajstić information content (AvgIpc) is 2.47. The Bertz CT molecular complexity index is 355. The van der Waals surface area contributed by atoms with E-state index in [4.69, 9.17) is 18.0 Å². The number of carbonyl (C=O) groups excluding carboxylic acids is 1. The number of likely N-dealkylation sites (tertiary alicyclic amines) is 1. The maximum absolute atomic E-state index is 12.4. The Morgan fingerprint density at radius 1 is 1.25 bits per heavy atom. The molecule has 114 valence electrons. The van der Waals surface area contributed by atoms with E-state index in [0.29, 0.717) is 11.0 Å². The van der Waals surface area contributed by atoms with Gasteiger partial charge in [-0.05, 0) is 39.2 Å². The van der Waals surface area contributed by atoms with Crippen molar-refractivity contribution in [3.8, 4) is 0 Å². The number of amides is 1. The summed E-state index contributed by atoms with van der Waals surface area (Å²) >= 11 is 5.10. The number of rotatable bonds is 4. The van der Waals surface area contributed by atoms with E-state index in [1.54, 1.807) is 0 Å². The molecule has 2 fully saturated rings. The van der Waals surface area contributed by atoms with Crippen LogP contribution >= 0.6 is 12.2 Å². The summed E-state index contributed by atoms with van der Waals surface area (Å²) in [6.07, 6.45) is 8.19. The highest BCUT2D eigenvalue weighted by Crippen LogP contribution is 2.20. The summed E-state index contributed by atoms with van der Waals surface area (Å²) in [6, 6.07) is 0.309. The van der Waals surface area contributed by atoms with Crippen molar-refractivity contribution in [2.24, 2.45) is 11.7 Å². The van der Waals surface area contributed by atoms with Gasteiger partial charge in [0.25, 0.3) is 0 Å². The summed E-state index contributed by atoms with van der Waals surface area (Å²) in [4.78, 5) is 15.2. The van der Waals surface area contributed by atoms with Crippen molar-refractivity contribution in [1.29, 1.82) is 0 Å². The molecule has 1 heterocycles. The molecule has 1 aliphatic heterocycles. The largest absolute Gasteiger partial charge is 0.393 e. The standard InChI is InChI=1S/C15H27N3OS/c1-11(15(19)17-13-7-3-2-4-8-13)18-9-5-6-12(10-18)14(16)20/h11-13H,2-10H2,1H3,(H2,16,20)(H,17,19). The molecule has 2 rings (SSSR count). The van der Waals surface area contributed by atoms with Gasteiger partial charge in [-0.2, -0.15) is 0 Å². The van der Waals surface area contributed by atoms with E-state index in [0.717, 1.165) is 38.8 Å². The molecule has 0 aromatic heterocycles. The minimum Gasteiger partial charge on any atom is -0.393 e. The minimum absolute atomic E-state index is 0.0749. The first-order valence-corrected chi connectivity index (χ1v) is 8.32. The van der Waals surface area contributed by atoms with E-state index in [1.165, 1.54) is 19.3 Å². The van der Waals surface area contributed by atoms with Gasteiger partial charge in [-0.25, -0.2) is 0 Å². The fourth-order valence-corrected chi connectivity index (χ4v) is 3.52. The highest BCUT2D eigenvalue weighted by atomic mass is 32.1. The van der Waals surface area contributed by atoms with Crippen LogP contribution in [0.15, 0.2) is 0 Å². The molecule has 1 amide bonds. The average molecular weight is 297 g/mol. The van der Waals surface area contributed by atoms with Gasteiger partial charge in [-0.1, -0.05) is 31.5 Å². The molecule has 1 saturated carbocycles. The fraction of sp³-hybridized carbons (Fsp3) is 0.867. The van der Waals surface area contributed by atoms with Crippen LogP contribution in [0.4, 0.5) is 0 Å². The summed E-state index contributed by atoms with van der Waals surface area (Å²) in [5.74, 6) is 0.434. The number of thiocarbonyl (C=S) groups is 1. The lowest BCUT2D eigenvalue weighted by Gasteiger charge is -2.36. The Balaban J connectivity index is 1.84. The second-order valence-electron chi connectivity index (χ2n) is 6.26. The first-order valence-electron chi connectivity index (χ1n) is 7.91. The summed E-state index contributed by atoms with van der Waals surface area (Å²) in [6.45, 7) is 3.80.